The maximum Gasteiger partial charge on any atom is 0.376 e. The molecule has 32 heavy (non-hydrogen) atoms. The third-order valence-electron chi connectivity index (χ3n) is 4.07. The van der Waals surface area contributed by atoms with Crippen molar-refractivity contribution in [2.75, 3.05) is 6.61 Å². The van der Waals surface area contributed by atoms with Crippen molar-refractivity contribution in [2.24, 2.45) is 0 Å². The van der Waals surface area contributed by atoms with E-state index in [2.05, 4.69) is 21.2 Å². The number of hydrogen-bond acceptors (Lipinski definition) is 11. The molecule has 1 N–H and O–H groups in total. The second-order valence-corrected chi connectivity index (χ2v) is 7.51. The summed E-state index contributed by atoms with van der Waals surface area (Å²) >= 11 is 3.06. The lowest BCUT2D eigenvalue weighted by molar-refractivity contribution is -0.264. The van der Waals surface area contributed by atoms with Crippen molar-refractivity contribution in [1.29, 1.82) is 0 Å². The second kappa shape index (κ2) is 11.1. The normalized spacial score (nSPS) is 24.7. The molecule has 0 unspecified atom stereocenters. The molecule has 0 bridgehead atoms. The van der Waals surface area contributed by atoms with Gasteiger partial charge in [0.15, 0.2) is 16.9 Å². The number of amides is 1. The van der Waals surface area contributed by atoms with E-state index in [1.165, 1.54) is 19.1 Å². The molecule has 1 fully saturated rings. The van der Waals surface area contributed by atoms with E-state index in [0.717, 1.165) is 20.8 Å². The molecular formula is C19H22BrNO11. The molecular weight excluding hydrogens is 498 g/mol. The first-order chi connectivity index (χ1) is 15.0. The van der Waals surface area contributed by atoms with Crippen LogP contribution in [0, 0.1) is 0 Å². The fraction of sp³-hybridized carbons (Fsp3) is 0.526. The van der Waals surface area contributed by atoms with Crippen LogP contribution in [0.3, 0.4) is 0 Å². The van der Waals surface area contributed by atoms with Crippen LogP contribution in [0.4, 0.5) is 0 Å². The molecule has 0 aromatic carbocycles. The zero-order valence-corrected chi connectivity index (χ0v) is 19.2. The summed E-state index contributed by atoms with van der Waals surface area (Å²) in [6, 6.07) is 1.53. The summed E-state index contributed by atoms with van der Waals surface area (Å²) < 4.78 is 32.0. The quantitative estimate of drug-likeness (QED) is 0.402. The molecule has 1 aliphatic heterocycles. The van der Waals surface area contributed by atoms with Gasteiger partial charge in [0.2, 0.25) is 18.0 Å². The van der Waals surface area contributed by atoms with Gasteiger partial charge < -0.3 is 33.4 Å². The minimum atomic E-state index is -1.52. The maximum atomic E-state index is 12.5. The lowest BCUT2D eigenvalue weighted by atomic mass is 9.96. The highest BCUT2D eigenvalue weighted by molar-refractivity contribution is 9.10. The second-order valence-electron chi connectivity index (χ2n) is 6.73. The van der Waals surface area contributed by atoms with Gasteiger partial charge in [-0.2, -0.15) is 0 Å². The molecule has 1 aromatic rings. The Hall–Kier alpha value is -2.93. The van der Waals surface area contributed by atoms with Crippen molar-refractivity contribution in [1.82, 2.24) is 5.32 Å². The minimum Gasteiger partial charge on any atom is -0.463 e. The Labute approximate surface area is 190 Å². The van der Waals surface area contributed by atoms with E-state index in [0.29, 0.717) is 0 Å². The third kappa shape index (κ3) is 7.05. The molecule has 12 nitrogen and oxygen atoms in total. The number of furan rings is 1. The summed E-state index contributed by atoms with van der Waals surface area (Å²) in [6.45, 7) is 4.13. The fourth-order valence-electron chi connectivity index (χ4n) is 2.98. The zero-order valence-electron chi connectivity index (χ0n) is 17.6. The molecule has 176 valence electrons. The maximum absolute atomic E-state index is 12.5. The number of carbonyl (C=O) groups excluding carboxylic acids is 5. The van der Waals surface area contributed by atoms with Gasteiger partial charge in [-0.25, -0.2) is 4.79 Å². The molecule has 0 aliphatic carbocycles. The molecule has 5 atom stereocenters. The van der Waals surface area contributed by atoms with Gasteiger partial charge in [0.05, 0.1) is 0 Å². The van der Waals surface area contributed by atoms with Gasteiger partial charge in [-0.15, -0.1) is 0 Å². The average molecular weight is 520 g/mol. The number of esters is 4. The summed E-state index contributed by atoms with van der Waals surface area (Å²) in [4.78, 5) is 59.1. The standard InChI is InChI=1S/C19H22BrNO11/c1-8(22)21-15-17(29-11(4)25)16(28-10(3)24)13(7-27-9(2)23)31-19(15)32-18(26)12-5-6-14(20)30-12/h5-6,13,15-17,19H,7H2,1-4H3,(H,21,22)/t13-,15-,16+,17+,19-/m0/s1. The SMILES string of the molecule is CC(=O)N[C@@H]1[C@H](OC(=O)c2ccc(Br)o2)O[C@@H](COC(C)=O)[C@@H](OC(C)=O)[C@@H]1OC(C)=O. The highest BCUT2D eigenvalue weighted by atomic mass is 79.9. The summed E-state index contributed by atoms with van der Waals surface area (Å²) in [7, 11) is 0. The number of carbonyl (C=O) groups is 5. The van der Waals surface area contributed by atoms with Gasteiger partial charge in [0.25, 0.3) is 0 Å². The topological polar surface area (TPSA) is 157 Å². The number of hydrogen-bond donors (Lipinski definition) is 1. The summed E-state index contributed by atoms with van der Waals surface area (Å²) in [5, 5.41) is 2.48. The van der Waals surface area contributed by atoms with Crippen LogP contribution in [0.1, 0.15) is 38.2 Å². The minimum absolute atomic E-state index is 0.176. The van der Waals surface area contributed by atoms with Gasteiger partial charge >= 0.3 is 23.9 Å². The lowest BCUT2D eigenvalue weighted by Gasteiger charge is -2.44. The van der Waals surface area contributed by atoms with E-state index in [-0.39, 0.29) is 10.4 Å². The molecule has 2 heterocycles. The summed E-state index contributed by atoms with van der Waals surface area (Å²) in [6.07, 6.45) is -5.35. The number of ether oxygens (including phenoxy) is 5. The predicted octanol–water partition coefficient (Wildman–Crippen LogP) is 0.855. The van der Waals surface area contributed by atoms with E-state index >= 15 is 0 Å². The highest BCUT2D eigenvalue weighted by Crippen LogP contribution is 2.29. The number of halogens is 1. The van der Waals surface area contributed by atoms with Crippen molar-refractivity contribution in [3.63, 3.8) is 0 Å². The van der Waals surface area contributed by atoms with E-state index in [1.54, 1.807) is 0 Å². The van der Waals surface area contributed by atoms with Crippen molar-refractivity contribution >= 4 is 45.7 Å². The molecule has 13 heteroatoms. The number of rotatable bonds is 7. The van der Waals surface area contributed by atoms with Crippen LogP contribution in [-0.2, 0) is 42.9 Å². The van der Waals surface area contributed by atoms with Crippen LogP contribution in [0.25, 0.3) is 0 Å². The largest absolute Gasteiger partial charge is 0.463 e. The van der Waals surface area contributed by atoms with Gasteiger partial charge in [0, 0.05) is 27.7 Å². The molecule has 2 rings (SSSR count). The molecule has 0 radical (unpaired) electrons. The Morgan fingerprint density at radius 3 is 2.06 bits per heavy atom. The predicted molar refractivity (Wildman–Crippen MR) is 106 cm³/mol. The van der Waals surface area contributed by atoms with Crippen LogP contribution in [0.5, 0.6) is 0 Å². The van der Waals surface area contributed by atoms with E-state index in [4.69, 9.17) is 28.1 Å². The van der Waals surface area contributed by atoms with Crippen molar-refractivity contribution in [3.05, 3.63) is 22.6 Å². The molecule has 0 saturated carbocycles. The average Bonchev–Trinajstić information content (AvgIpc) is 3.10. The van der Waals surface area contributed by atoms with Crippen LogP contribution in [0.2, 0.25) is 0 Å². The molecule has 1 aromatic heterocycles. The van der Waals surface area contributed by atoms with E-state index in [9.17, 15) is 24.0 Å². The Bertz CT molecular complexity index is 882. The van der Waals surface area contributed by atoms with Crippen LogP contribution >= 0.6 is 15.9 Å². The Morgan fingerprint density at radius 1 is 0.938 bits per heavy atom. The third-order valence-corrected chi connectivity index (χ3v) is 4.49. The monoisotopic (exact) mass is 519 g/mol. The van der Waals surface area contributed by atoms with E-state index < -0.39 is 67.0 Å². The molecule has 1 aliphatic rings. The summed E-state index contributed by atoms with van der Waals surface area (Å²) in [5.41, 5.74) is 0. The number of nitrogens with one attached hydrogen (secondary N) is 1. The first-order valence-corrected chi connectivity index (χ1v) is 10.1. The Balaban J connectivity index is 2.42. The van der Waals surface area contributed by atoms with Crippen molar-refractivity contribution < 1.29 is 52.1 Å². The van der Waals surface area contributed by atoms with Gasteiger partial charge in [-0.3, -0.25) is 19.2 Å². The first-order valence-electron chi connectivity index (χ1n) is 9.34. The van der Waals surface area contributed by atoms with Crippen molar-refractivity contribution in [3.8, 4) is 0 Å². The fourth-order valence-corrected chi connectivity index (χ4v) is 3.29. The molecule has 0 spiro atoms. The van der Waals surface area contributed by atoms with Gasteiger partial charge in [0.1, 0.15) is 18.8 Å². The molecule has 1 saturated heterocycles. The smallest absolute Gasteiger partial charge is 0.376 e. The Kier molecular flexibility index (Phi) is 8.78. The van der Waals surface area contributed by atoms with Gasteiger partial charge in [-0.05, 0) is 28.1 Å². The lowest BCUT2D eigenvalue weighted by Crippen LogP contribution is -2.66. The van der Waals surface area contributed by atoms with Crippen LogP contribution < -0.4 is 5.32 Å². The van der Waals surface area contributed by atoms with Crippen molar-refractivity contribution in [2.45, 2.75) is 58.3 Å². The van der Waals surface area contributed by atoms with E-state index in [1.807, 2.05) is 0 Å². The summed E-state index contributed by atoms with van der Waals surface area (Å²) in [5.74, 6) is -3.87. The van der Waals surface area contributed by atoms with Crippen LogP contribution in [-0.4, -0.2) is 67.0 Å². The first kappa shape index (κ1) is 25.3. The highest BCUT2D eigenvalue weighted by Gasteiger charge is 2.52. The molecule has 1 amide bonds. The van der Waals surface area contributed by atoms with Gasteiger partial charge in [-0.1, -0.05) is 0 Å². The Morgan fingerprint density at radius 2 is 1.56 bits per heavy atom. The zero-order chi connectivity index (χ0) is 24.0. The van der Waals surface area contributed by atoms with Crippen LogP contribution in [0.15, 0.2) is 21.2 Å².